The lowest BCUT2D eigenvalue weighted by molar-refractivity contribution is 0.174. The first-order valence-corrected chi connectivity index (χ1v) is 10.4. The maximum atomic E-state index is 13.1. The number of hydrogen-bond donors (Lipinski definition) is 1. The van der Waals surface area contributed by atoms with E-state index in [2.05, 4.69) is 15.5 Å². The lowest BCUT2D eigenvalue weighted by Crippen LogP contribution is -2.44. The summed E-state index contributed by atoms with van der Waals surface area (Å²) in [6, 6.07) is 11.3. The van der Waals surface area contributed by atoms with E-state index >= 15 is 0 Å². The summed E-state index contributed by atoms with van der Waals surface area (Å²) in [5.74, 6) is 1.72. The van der Waals surface area contributed by atoms with E-state index in [9.17, 15) is 9.18 Å². The summed E-state index contributed by atoms with van der Waals surface area (Å²) >= 11 is 0. The number of carbonyl (C=O) groups excluding carboxylic acids is 1. The highest BCUT2D eigenvalue weighted by Crippen LogP contribution is 2.29. The van der Waals surface area contributed by atoms with Crippen LogP contribution < -0.4 is 14.8 Å². The molecule has 9 heteroatoms. The summed E-state index contributed by atoms with van der Waals surface area (Å²) in [5.41, 5.74) is 1.57. The smallest absolute Gasteiger partial charge is 0.317 e. The molecule has 1 aliphatic heterocycles. The number of methoxy groups -OCH3 is 2. The van der Waals surface area contributed by atoms with Crippen LogP contribution in [0.15, 0.2) is 46.9 Å². The highest BCUT2D eigenvalue weighted by atomic mass is 19.1. The summed E-state index contributed by atoms with van der Waals surface area (Å²) in [7, 11) is 3.16. The van der Waals surface area contributed by atoms with Crippen LogP contribution in [0.2, 0.25) is 0 Å². The van der Waals surface area contributed by atoms with Crippen LogP contribution in [-0.4, -0.2) is 48.4 Å². The Morgan fingerprint density at radius 2 is 1.94 bits per heavy atom. The van der Waals surface area contributed by atoms with E-state index in [1.54, 1.807) is 31.3 Å². The first kappa shape index (κ1) is 21.6. The Hall–Kier alpha value is -3.62. The summed E-state index contributed by atoms with van der Waals surface area (Å²) in [6.07, 6.45) is 1.69. The molecule has 1 aromatic heterocycles. The summed E-state index contributed by atoms with van der Waals surface area (Å²) in [6.45, 7) is 1.52. The predicted molar refractivity (Wildman–Crippen MR) is 115 cm³/mol. The Balaban J connectivity index is 1.36. The van der Waals surface area contributed by atoms with Gasteiger partial charge in [0.25, 0.3) is 0 Å². The molecule has 2 amide bonds. The zero-order valence-corrected chi connectivity index (χ0v) is 18.0. The molecule has 8 nitrogen and oxygen atoms in total. The number of nitrogens with zero attached hydrogens (tertiary/aromatic N) is 3. The molecule has 0 saturated carbocycles. The van der Waals surface area contributed by atoms with Gasteiger partial charge in [0.15, 0.2) is 11.5 Å². The third-order valence-corrected chi connectivity index (χ3v) is 5.48. The predicted octanol–water partition coefficient (Wildman–Crippen LogP) is 3.98. The molecule has 1 fully saturated rings. The molecular weight excluding hydrogens is 415 g/mol. The van der Waals surface area contributed by atoms with Crippen LogP contribution in [0.4, 0.5) is 9.18 Å². The highest BCUT2D eigenvalue weighted by Gasteiger charge is 2.28. The normalized spacial score (nSPS) is 16.0. The van der Waals surface area contributed by atoms with E-state index in [1.165, 1.54) is 12.1 Å². The molecule has 32 heavy (non-hydrogen) atoms. The monoisotopic (exact) mass is 440 g/mol. The van der Waals surface area contributed by atoms with Gasteiger partial charge in [-0.1, -0.05) is 6.07 Å². The lowest BCUT2D eigenvalue weighted by Gasteiger charge is -2.31. The van der Waals surface area contributed by atoms with Crippen molar-refractivity contribution < 1.29 is 23.1 Å². The van der Waals surface area contributed by atoms with Gasteiger partial charge in [0.05, 0.1) is 20.1 Å². The maximum absolute atomic E-state index is 13.1. The summed E-state index contributed by atoms with van der Waals surface area (Å²) in [4.78, 5) is 14.5. The van der Waals surface area contributed by atoms with Crippen molar-refractivity contribution in [3.63, 3.8) is 0 Å². The second-order valence-electron chi connectivity index (χ2n) is 7.59. The molecule has 0 radical (unpaired) electrons. The van der Waals surface area contributed by atoms with Gasteiger partial charge in [0.1, 0.15) is 5.82 Å². The van der Waals surface area contributed by atoms with Crippen molar-refractivity contribution in [1.82, 2.24) is 20.4 Å². The fourth-order valence-electron chi connectivity index (χ4n) is 3.75. The minimum absolute atomic E-state index is 0.0442. The van der Waals surface area contributed by atoms with Gasteiger partial charge < -0.3 is 24.1 Å². The quantitative estimate of drug-likeness (QED) is 0.624. The molecule has 0 bridgehead atoms. The van der Waals surface area contributed by atoms with Crippen LogP contribution >= 0.6 is 0 Å². The zero-order valence-electron chi connectivity index (χ0n) is 18.0. The molecule has 1 saturated heterocycles. The van der Waals surface area contributed by atoms with Crippen molar-refractivity contribution in [3.05, 3.63) is 59.7 Å². The highest BCUT2D eigenvalue weighted by molar-refractivity contribution is 5.74. The maximum Gasteiger partial charge on any atom is 0.317 e. The number of hydrogen-bond acceptors (Lipinski definition) is 6. The fraction of sp³-hybridized carbons (Fsp3) is 0.348. The Morgan fingerprint density at radius 3 is 2.69 bits per heavy atom. The number of amides is 2. The SMILES string of the molecule is COc1ccc(CNC(=O)N2CCCC(c3nnc(-c4ccc(F)cc4)o3)C2)cc1OC. The van der Waals surface area contributed by atoms with E-state index in [0.717, 1.165) is 18.4 Å². The van der Waals surface area contributed by atoms with Crippen LogP contribution in [0.3, 0.4) is 0 Å². The standard InChI is InChI=1S/C23H25FN4O4/c1-30-19-10-5-15(12-20(19)31-2)13-25-23(29)28-11-3-4-17(14-28)22-27-26-21(32-22)16-6-8-18(24)9-7-16/h5-10,12,17H,3-4,11,13-14H2,1-2H3,(H,25,29). The van der Waals surface area contributed by atoms with Crippen LogP contribution in [0.25, 0.3) is 11.5 Å². The number of nitrogens with one attached hydrogen (secondary N) is 1. The Morgan fingerprint density at radius 1 is 1.16 bits per heavy atom. The van der Waals surface area contributed by atoms with Gasteiger partial charge in [-0.05, 0) is 54.8 Å². The molecule has 1 aliphatic rings. The first-order chi connectivity index (χ1) is 15.6. The minimum Gasteiger partial charge on any atom is -0.493 e. The molecule has 1 unspecified atom stereocenters. The number of urea groups is 1. The second kappa shape index (κ2) is 9.67. The average Bonchev–Trinajstić information content (AvgIpc) is 3.33. The third kappa shape index (κ3) is 4.82. The molecule has 2 aromatic carbocycles. The van der Waals surface area contributed by atoms with Gasteiger partial charge in [-0.15, -0.1) is 10.2 Å². The molecule has 1 atom stereocenters. The summed E-state index contributed by atoms with van der Waals surface area (Å²) in [5, 5.41) is 11.2. The third-order valence-electron chi connectivity index (χ3n) is 5.48. The Kier molecular flexibility index (Phi) is 6.53. The zero-order chi connectivity index (χ0) is 22.5. The van der Waals surface area contributed by atoms with Gasteiger partial charge in [0.2, 0.25) is 11.8 Å². The van der Waals surface area contributed by atoms with Crippen molar-refractivity contribution in [2.45, 2.75) is 25.3 Å². The van der Waals surface area contributed by atoms with Gasteiger partial charge in [-0.3, -0.25) is 0 Å². The minimum atomic E-state index is -0.324. The molecule has 3 aromatic rings. The van der Waals surface area contributed by atoms with E-state index in [4.69, 9.17) is 13.9 Å². The number of ether oxygens (including phenoxy) is 2. The van der Waals surface area contributed by atoms with E-state index < -0.39 is 0 Å². The largest absolute Gasteiger partial charge is 0.493 e. The van der Waals surface area contributed by atoms with E-state index in [1.807, 2.05) is 18.2 Å². The van der Waals surface area contributed by atoms with Gasteiger partial charge >= 0.3 is 6.03 Å². The van der Waals surface area contributed by atoms with Crippen LogP contribution in [0.5, 0.6) is 11.5 Å². The molecular formula is C23H25FN4O4. The second-order valence-corrected chi connectivity index (χ2v) is 7.59. The van der Waals surface area contributed by atoms with Crippen LogP contribution in [-0.2, 0) is 6.54 Å². The molecule has 1 N–H and O–H groups in total. The molecule has 0 aliphatic carbocycles. The fourth-order valence-corrected chi connectivity index (χ4v) is 3.75. The van der Waals surface area contributed by atoms with Crippen LogP contribution in [0, 0.1) is 5.82 Å². The Bertz CT molecular complexity index is 1070. The number of rotatable bonds is 6. The molecule has 4 rings (SSSR count). The van der Waals surface area contributed by atoms with Gasteiger partial charge in [-0.2, -0.15) is 0 Å². The van der Waals surface area contributed by atoms with Crippen molar-refractivity contribution in [2.75, 3.05) is 27.3 Å². The summed E-state index contributed by atoms with van der Waals surface area (Å²) < 4.78 is 29.5. The van der Waals surface area contributed by atoms with Crippen molar-refractivity contribution in [2.24, 2.45) is 0 Å². The van der Waals surface area contributed by atoms with E-state index in [0.29, 0.717) is 48.5 Å². The number of benzene rings is 2. The molecule has 168 valence electrons. The van der Waals surface area contributed by atoms with Crippen molar-refractivity contribution >= 4 is 6.03 Å². The number of piperidine rings is 1. The van der Waals surface area contributed by atoms with Gasteiger partial charge in [-0.25, -0.2) is 9.18 Å². The van der Waals surface area contributed by atoms with Crippen LogP contribution in [0.1, 0.15) is 30.2 Å². The van der Waals surface area contributed by atoms with Gasteiger partial charge in [0, 0.05) is 25.2 Å². The van der Waals surface area contributed by atoms with Crippen molar-refractivity contribution in [1.29, 1.82) is 0 Å². The number of likely N-dealkylation sites (tertiary alicyclic amines) is 1. The number of halogens is 1. The average molecular weight is 440 g/mol. The lowest BCUT2D eigenvalue weighted by atomic mass is 9.98. The number of carbonyl (C=O) groups is 1. The topological polar surface area (TPSA) is 89.7 Å². The number of aromatic nitrogens is 2. The van der Waals surface area contributed by atoms with Crippen molar-refractivity contribution in [3.8, 4) is 23.0 Å². The Labute approximate surface area is 185 Å². The van der Waals surface area contributed by atoms with E-state index in [-0.39, 0.29) is 17.8 Å². The first-order valence-electron chi connectivity index (χ1n) is 10.4. The molecule has 2 heterocycles. The molecule has 0 spiro atoms.